The van der Waals surface area contributed by atoms with Gasteiger partial charge in [-0.1, -0.05) is 20.8 Å². The van der Waals surface area contributed by atoms with Crippen molar-refractivity contribution in [3.8, 4) is 0 Å². The Hall–Kier alpha value is -0.800. The van der Waals surface area contributed by atoms with Gasteiger partial charge < -0.3 is 14.5 Å². The summed E-state index contributed by atoms with van der Waals surface area (Å²) in [5, 5.41) is 3.51. The van der Waals surface area contributed by atoms with E-state index >= 15 is 0 Å². The molecule has 1 saturated heterocycles. The Morgan fingerprint density at radius 1 is 1.39 bits per heavy atom. The highest BCUT2D eigenvalue weighted by Crippen LogP contribution is 2.34. The second kappa shape index (κ2) is 6.39. The molecule has 1 aromatic heterocycles. The Morgan fingerprint density at radius 2 is 2.22 bits per heavy atom. The van der Waals surface area contributed by atoms with Crippen LogP contribution in [0.2, 0.25) is 0 Å². The topological polar surface area (TPSA) is 34.4 Å². The van der Waals surface area contributed by atoms with Gasteiger partial charge in [0, 0.05) is 31.5 Å². The van der Waals surface area contributed by atoms with Gasteiger partial charge in [0.2, 0.25) is 0 Å². The van der Waals surface area contributed by atoms with E-state index in [1.54, 1.807) is 0 Å². The zero-order chi connectivity index (χ0) is 13.0. The highest BCUT2D eigenvalue weighted by Gasteiger charge is 2.29. The first-order chi connectivity index (χ1) is 8.70. The highest BCUT2D eigenvalue weighted by molar-refractivity contribution is 5.11. The van der Waals surface area contributed by atoms with Crippen LogP contribution in [0.15, 0.2) is 16.5 Å². The number of ether oxygens (including phenoxy) is 1. The second-order valence-electron chi connectivity index (χ2n) is 5.41. The maximum atomic E-state index is 5.93. The molecule has 1 aromatic rings. The molecule has 3 heteroatoms. The van der Waals surface area contributed by atoms with Gasteiger partial charge in [0.1, 0.15) is 17.6 Å². The first-order valence-electron chi connectivity index (χ1n) is 7.14. The van der Waals surface area contributed by atoms with Crippen LogP contribution in [0.25, 0.3) is 0 Å². The third-order valence-electron chi connectivity index (χ3n) is 3.54. The summed E-state index contributed by atoms with van der Waals surface area (Å²) < 4.78 is 11.8. The lowest BCUT2D eigenvalue weighted by Crippen LogP contribution is -2.34. The molecule has 0 amide bonds. The summed E-state index contributed by atoms with van der Waals surface area (Å²) in [6, 6.07) is 4.67. The molecule has 0 radical (unpaired) electrons. The number of hydrogen-bond acceptors (Lipinski definition) is 3. The fourth-order valence-corrected chi connectivity index (χ4v) is 2.49. The Bertz CT molecular complexity index is 359. The largest absolute Gasteiger partial charge is 0.463 e. The number of furan rings is 1. The van der Waals surface area contributed by atoms with Gasteiger partial charge >= 0.3 is 0 Å². The Balaban J connectivity index is 2.02. The first-order valence-corrected chi connectivity index (χ1v) is 7.14. The van der Waals surface area contributed by atoms with E-state index in [1.165, 1.54) is 6.42 Å². The van der Waals surface area contributed by atoms with Gasteiger partial charge in [-0.3, -0.25) is 0 Å². The molecule has 0 spiro atoms. The van der Waals surface area contributed by atoms with E-state index in [4.69, 9.17) is 9.15 Å². The van der Waals surface area contributed by atoms with E-state index in [0.717, 1.165) is 37.5 Å². The summed E-state index contributed by atoms with van der Waals surface area (Å²) in [4.78, 5) is 0. The molecule has 2 heterocycles. The summed E-state index contributed by atoms with van der Waals surface area (Å²) in [5.74, 6) is 2.58. The SMILES string of the molecule is CCc1ccc(C2OCCCC2CNC(C)C)o1. The minimum absolute atomic E-state index is 0.130. The molecule has 0 saturated carbocycles. The standard InChI is InChI=1S/C15H25NO2/c1-4-13-7-8-14(18-13)15-12(6-5-9-17-15)10-16-11(2)3/h7-8,11-12,15-16H,4-6,9-10H2,1-3H3. The molecule has 2 atom stereocenters. The average molecular weight is 251 g/mol. The minimum Gasteiger partial charge on any atom is -0.463 e. The predicted molar refractivity (Wildman–Crippen MR) is 72.6 cm³/mol. The molecule has 2 rings (SSSR count). The van der Waals surface area contributed by atoms with Crippen LogP contribution < -0.4 is 5.32 Å². The number of nitrogens with one attached hydrogen (secondary N) is 1. The van der Waals surface area contributed by atoms with Crippen LogP contribution in [0.1, 0.15) is 51.2 Å². The molecule has 1 N–H and O–H groups in total. The lowest BCUT2D eigenvalue weighted by atomic mass is 9.92. The third kappa shape index (κ3) is 3.36. The highest BCUT2D eigenvalue weighted by atomic mass is 16.5. The van der Waals surface area contributed by atoms with Crippen LogP contribution in [0.4, 0.5) is 0 Å². The van der Waals surface area contributed by atoms with E-state index in [9.17, 15) is 0 Å². The van der Waals surface area contributed by atoms with Crippen LogP contribution >= 0.6 is 0 Å². The van der Waals surface area contributed by atoms with Gasteiger partial charge in [0.25, 0.3) is 0 Å². The van der Waals surface area contributed by atoms with Gasteiger partial charge in [0.05, 0.1) is 0 Å². The smallest absolute Gasteiger partial charge is 0.133 e. The summed E-state index contributed by atoms with van der Waals surface area (Å²) in [7, 11) is 0. The van der Waals surface area contributed by atoms with Crippen molar-refractivity contribution in [2.24, 2.45) is 5.92 Å². The molecule has 0 aromatic carbocycles. The molecule has 2 unspecified atom stereocenters. The average Bonchev–Trinajstić information content (AvgIpc) is 2.85. The van der Waals surface area contributed by atoms with Gasteiger partial charge in [0.15, 0.2) is 0 Å². The molecule has 3 nitrogen and oxygen atoms in total. The molecule has 1 fully saturated rings. The number of hydrogen-bond donors (Lipinski definition) is 1. The minimum atomic E-state index is 0.130. The van der Waals surface area contributed by atoms with Crippen molar-refractivity contribution in [2.45, 2.75) is 52.2 Å². The van der Waals surface area contributed by atoms with Gasteiger partial charge in [-0.25, -0.2) is 0 Å². The van der Waals surface area contributed by atoms with E-state index < -0.39 is 0 Å². The van der Waals surface area contributed by atoms with Gasteiger partial charge in [-0.2, -0.15) is 0 Å². The van der Waals surface area contributed by atoms with Crippen molar-refractivity contribution >= 4 is 0 Å². The van der Waals surface area contributed by atoms with Crippen molar-refractivity contribution in [3.63, 3.8) is 0 Å². The zero-order valence-electron chi connectivity index (χ0n) is 11.7. The monoisotopic (exact) mass is 251 g/mol. The van der Waals surface area contributed by atoms with Crippen LogP contribution in [-0.2, 0) is 11.2 Å². The molecule has 1 aliphatic heterocycles. The van der Waals surface area contributed by atoms with Crippen molar-refractivity contribution in [1.29, 1.82) is 0 Å². The number of aryl methyl sites for hydroxylation is 1. The maximum absolute atomic E-state index is 5.93. The van der Waals surface area contributed by atoms with E-state index in [0.29, 0.717) is 12.0 Å². The summed E-state index contributed by atoms with van der Waals surface area (Å²) in [6.45, 7) is 8.33. The van der Waals surface area contributed by atoms with Crippen LogP contribution in [0, 0.1) is 5.92 Å². The lowest BCUT2D eigenvalue weighted by molar-refractivity contribution is -0.0404. The van der Waals surface area contributed by atoms with E-state index in [2.05, 4.69) is 38.2 Å². The third-order valence-corrected chi connectivity index (χ3v) is 3.54. The van der Waals surface area contributed by atoms with Crippen molar-refractivity contribution in [1.82, 2.24) is 5.32 Å². The van der Waals surface area contributed by atoms with Crippen LogP contribution in [-0.4, -0.2) is 19.2 Å². The zero-order valence-corrected chi connectivity index (χ0v) is 11.7. The first kappa shape index (κ1) is 13.6. The Kier molecular flexibility index (Phi) is 4.84. The van der Waals surface area contributed by atoms with E-state index in [-0.39, 0.29) is 6.10 Å². The Morgan fingerprint density at radius 3 is 2.89 bits per heavy atom. The fraction of sp³-hybridized carbons (Fsp3) is 0.733. The van der Waals surface area contributed by atoms with Crippen LogP contribution in [0.5, 0.6) is 0 Å². The van der Waals surface area contributed by atoms with Crippen molar-refractivity contribution in [2.75, 3.05) is 13.2 Å². The normalized spacial score (nSPS) is 24.7. The molecule has 18 heavy (non-hydrogen) atoms. The summed E-state index contributed by atoms with van der Waals surface area (Å²) in [5.41, 5.74) is 0. The number of rotatable bonds is 5. The molecular weight excluding hydrogens is 226 g/mol. The summed E-state index contributed by atoms with van der Waals surface area (Å²) in [6.07, 6.45) is 3.45. The second-order valence-corrected chi connectivity index (χ2v) is 5.41. The molecule has 1 aliphatic rings. The van der Waals surface area contributed by atoms with Gasteiger partial charge in [-0.15, -0.1) is 0 Å². The molecule has 0 bridgehead atoms. The van der Waals surface area contributed by atoms with Crippen LogP contribution in [0.3, 0.4) is 0 Å². The lowest BCUT2D eigenvalue weighted by Gasteiger charge is -2.31. The fourth-order valence-electron chi connectivity index (χ4n) is 2.49. The quantitative estimate of drug-likeness (QED) is 0.872. The van der Waals surface area contributed by atoms with E-state index in [1.807, 2.05) is 0 Å². The molecule has 102 valence electrons. The predicted octanol–water partition coefficient (Wildman–Crippen LogP) is 3.31. The van der Waals surface area contributed by atoms with Crippen molar-refractivity contribution in [3.05, 3.63) is 23.7 Å². The maximum Gasteiger partial charge on any atom is 0.133 e. The molecular formula is C15H25NO2. The van der Waals surface area contributed by atoms with Crippen molar-refractivity contribution < 1.29 is 9.15 Å². The van der Waals surface area contributed by atoms with Gasteiger partial charge in [-0.05, 0) is 25.0 Å². The molecule has 0 aliphatic carbocycles. The Labute approximate surface area is 110 Å². The summed E-state index contributed by atoms with van der Waals surface area (Å²) >= 11 is 0.